The van der Waals surface area contributed by atoms with Crippen molar-refractivity contribution in [3.63, 3.8) is 0 Å². The van der Waals surface area contributed by atoms with E-state index in [-0.39, 0.29) is 5.82 Å². The molecule has 0 amide bonds. The minimum atomic E-state index is -0.886. The average Bonchev–Trinajstić information content (AvgIpc) is 2.66. The molecule has 0 radical (unpaired) electrons. The van der Waals surface area contributed by atoms with Gasteiger partial charge in [0.15, 0.2) is 5.82 Å². The number of rotatable bonds is 5. The molecule has 0 aliphatic carbocycles. The highest BCUT2D eigenvalue weighted by Crippen LogP contribution is 2.19. The molecule has 1 unspecified atom stereocenters. The predicted octanol–water partition coefficient (Wildman–Crippen LogP) is 2.34. The molecule has 0 bridgehead atoms. The number of benzene rings is 1. The molecule has 1 aromatic heterocycles. The Morgan fingerprint density at radius 1 is 1.50 bits per heavy atom. The van der Waals surface area contributed by atoms with E-state index < -0.39 is 10.8 Å². The summed E-state index contributed by atoms with van der Waals surface area (Å²) in [5.74, 6) is 1.37. The van der Waals surface area contributed by atoms with Crippen LogP contribution in [0.2, 0.25) is 0 Å². The van der Waals surface area contributed by atoms with Crippen molar-refractivity contribution < 1.29 is 8.60 Å². The SMILES string of the molecule is CS(=O)CCn1c(CCCl)nc2c(F)cccc21. The van der Waals surface area contributed by atoms with E-state index >= 15 is 0 Å². The molecule has 0 N–H and O–H groups in total. The van der Waals surface area contributed by atoms with E-state index in [0.717, 1.165) is 11.3 Å². The standard InChI is InChI=1S/C12H14ClFN2OS/c1-18(17)8-7-16-10-4-2-3-9(14)12(10)15-11(16)5-6-13/h2-4H,5-8H2,1H3. The molecule has 0 saturated carbocycles. The summed E-state index contributed by atoms with van der Waals surface area (Å²) >= 11 is 5.73. The van der Waals surface area contributed by atoms with Gasteiger partial charge in [0.2, 0.25) is 0 Å². The highest BCUT2D eigenvalue weighted by atomic mass is 35.5. The Morgan fingerprint density at radius 3 is 2.94 bits per heavy atom. The third-order valence-electron chi connectivity index (χ3n) is 2.73. The van der Waals surface area contributed by atoms with Gasteiger partial charge in [-0.1, -0.05) is 6.07 Å². The van der Waals surface area contributed by atoms with Gasteiger partial charge in [-0.2, -0.15) is 0 Å². The van der Waals surface area contributed by atoms with Crippen LogP contribution >= 0.6 is 11.6 Å². The summed E-state index contributed by atoms with van der Waals surface area (Å²) in [5, 5.41) is 0. The zero-order valence-corrected chi connectivity index (χ0v) is 11.6. The molecule has 0 fully saturated rings. The Hall–Kier alpha value is -0.940. The molecule has 0 aliphatic rings. The van der Waals surface area contributed by atoms with Gasteiger partial charge in [-0.05, 0) is 12.1 Å². The Balaban J connectivity index is 2.48. The number of nitrogens with zero attached hydrogens (tertiary/aromatic N) is 2. The number of hydrogen-bond acceptors (Lipinski definition) is 2. The largest absolute Gasteiger partial charge is 0.327 e. The maximum Gasteiger partial charge on any atom is 0.151 e. The smallest absolute Gasteiger partial charge is 0.151 e. The van der Waals surface area contributed by atoms with Crippen LogP contribution in [0.15, 0.2) is 18.2 Å². The van der Waals surface area contributed by atoms with Gasteiger partial charge in [-0.15, -0.1) is 11.6 Å². The van der Waals surface area contributed by atoms with Crippen LogP contribution in [-0.2, 0) is 23.8 Å². The molecule has 0 aliphatic heterocycles. The third-order valence-corrected chi connectivity index (χ3v) is 3.68. The lowest BCUT2D eigenvalue weighted by Crippen LogP contribution is -2.10. The van der Waals surface area contributed by atoms with Crippen molar-refractivity contribution in [1.29, 1.82) is 0 Å². The van der Waals surface area contributed by atoms with Gasteiger partial charge >= 0.3 is 0 Å². The fraction of sp³-hybridized carbons (Fsp3) is 0.417. The lowest BCUT2D eigenvalue weighted by molar-refractivity contribution is 0.637. The number of alkyl halides is 1. The van der Waals surface area contributed by atoms with E-state index in [2.05, 4.69) is 4.98 Å². The van der Waals surface area contributed by atoms with Gasteiger partial charge in [-0.3, -0.25) is 4.21 Å². The number of hydrogen-bond donors (Lipinski definition) is 0. The van der Waals surface area contributed by atoms with Gasteiger partial charge in [0, 0.05) is 41.7 Å². The summed E-state index contributed by atoms with van der Waals surface area (Å²) in [5.41, 5.74) is 1.10. The Morgan fingerprint density at radius 2 is 2.28 bits per heavy atom. The molecule has 0 saturated heterocycles. The van der Waals surface area contributed by atoms with Crippen molar-refractivity contribution in [2.45, 2.75) is 13.0 Å². The second kappa shape index (κ2) is 5.80. The summed E-state index contributed by atoms with van der Waals surface area (Å²) in [6.45, 7) is 0.565. The van der Waals surface area contributed by atoms with Crippen molar-refractivity contribution >= 4 is 33.4 Å². The molecular formula is C12H14ClFN2OS. The third kappa shape index (κ3) is 2.72. The minimum Gasteiger partial charge on any atom is -0.327 e. The first-order valence-electron chi connectivity index (χ1n) is 5.63. The fourth-order valence-electron chi connectivity index (χ4n) is 1.91. The molecule has 18 heavy (non-hydrogen) atoms. The van der Waals surface area contributed by atoms with Crippen LogP contribution in [0.1, 0.15) is 5.82 Å². The molecule has 2 rings (SSSR count). The molecule has 6 heteroatoms. The van der Waals surface area contributed by atoms with Crippen molar-refractivity contribution in [2.24, 2.45) is 0 Å². The normalized spacial score (nSPS) is 13.1. The van der Waals surface area contributed by atoms with E-state index in [9.17, 15) is 8.60 Å². The summed E-state index contributed by atoms with van der Waals surface area (Å²) < 4.78 is 26.7. The summed E-state index contributed by atoms with van der Waals surface area (Å²) in [6, 6.07) is 4.87. The average molecular weight is 289 g/mol. The molecule has 1 aromatic carbocycles. The first kappa shape index (κ1) is 13.5. The predicted molar refractivity (Wildman–Crippen MR) is 73.0 cm³/mol. The Labute approximate surface area is 112 Å². The Kier molecular flexibility index (Phi) is 4.35. The second-order valence-electron chi connectivity index (χ2n) is 4.00. The lowest BCUT2D eigenvalue weighted by Gasteiger charge is -2.07. The van der Waals surface area contributed by atoms with Crippen molar-refractivity contribution in [3.05, 3.63) is 29.8 Å². The van der Waals surface area contributed by atoms with Gasteiger partial charge in [0.25, 0.3) is 0 Å². The minimum absolute atomic E-state index is 0.334. The molecule has 98 valence electrons. The summed E-state index contributed by atoms with van der Waals surface area (Å²) in [7, 11) is -0.886. The zero-order valence-electron chi connectivity index (χ0n) is 10.0. The van der Waals surface area contributed by atoms with Crippen molar-refractivity contribution in [3.8, 4) is 0 Å². The van der Waals surface area contributed by atoms with Crippen LogP contribution in [0.3, 0.4) is 0 Å². The number of fused-ring (bicyclic) bond motifs is 1. The molecule has 1 heterocycles. The highest BCUT2D eigenvalue weighted by Gasteiger charge is 2.13. The number of para-hydroxylation sites is 1. The Bertz CT molecular complexity index is 585. The summed E-state index contributed by atoms with van der Waals surface area (Å²) in [6.07, 6.45) is 2.23. The van der Waals surface area contributed by atoms with E-state index in [0.29, 0.717) is 30.1 Å². The highest BCUT2D eigenvalue weighted by molar-refractivity contribution is 7.84. The van der Waals surface area contributed by atoms with E-state index in [1.807, 2.05) is 10.6 Å². The maximum absolute atomic E-state index is 13.6. The number of aryl methyl sites for hydroxylation is 2. The number of halogens is 2. The van der Waals surface area contributed by atoms with Crippen molar-refractivity contribution in [2.75, 3.05) is 17.9 Å². The van der Waals surface area contributed by atoms with Gasteiger partial charge in [-0.25, -0.2) is 9.37 Å². The molecular weight excluding hydrogens is 275 g/mol. The second-order valence-corrected chi connectivity index (χ2v) is 5.94. The quantitative estimate of drug-likeness (QED) is 0.792. The first-order chi connectivity index (χ1) is 8.63. The molecule has 3 nitrogen and oxygen atoms in total. The summed E-state index contributed by atoms with van der Waals surface area (Å²) in [4.78, 5) is 4.28. The number of aromatic nitrogens is 2. The number of imidazole rings is 1. The topological polar surface area (TPSA) is 34.9 Å². The van der Waals surface area contributed by atoms with Crippen LogP contribution in [0.4, 0.5) is 4.39 Å². The van der Waals surface area contributed by atoms with E-state index in [4.69, 9.17) is 11.6 Å². The van der Waals surface area contributed by atoms with Crippen LogP contribution in [0.5, 0.6) is 0 Å². The van der Waals surface area contributed by atoms with Gasteiger partial charge in [0.1, 0.15) is 11.3 Å². The van der Waals surface area contributed by atoms with Crippen LogP contribution in [0, 0.1) is 5.82 Å². The fourth-order valence-corrected chi connectivity index (χ4v) is 2.51. The molecule has 2 aromatic rings. The maximum atomic E-state index is 13.6. The van der Waals surface area contributed by atoms with E-state index in [1.54, 1.807) is 12.3 Å². The van der Waals surface area contributed by atoms with Gasteiger partial charge < -0.3 is 4.57 Å². The molecule has 0 spiro atoms. The van der Waals surface area contributed by atoms with Gasteiger partial charge in [0.05, 0.1) is 5.52 Å². The first-order valence-corrected chi connectivity index (χ1v) is 7.89. The van der Waals surface area contributed by atoms with E-state index in [1.165, 1.54) is 6.07 Å². The zero-order chi connectivity index (χ0) is 13.1. The van der Waals surface area contributed by atoms with Crippen LogP contribution in [-0.4, -0.2) is 31.6 Å². The van der Waals surface area contributed by atoms with Crippen LogP contribution < -0.4 is 0 Å². The van der Waals surface area contributed by atoms with Crippen LogP contribution in [0.25, 0.3) is 11.0 Å². The molecule has 1 atom stereocenters. The lowest BCUT2D eigenvalue weighted by atomic mass is 10.3. The monoisotopic (exact) mass is 288 g/mol. The van der Waals surface area contributed by atoms with Crippen molar-refractivity contribution in [1.82, 2.24) is 9.55 Å².